The van der Waals surface area contributed by atoms with Gasteiger partial charge >= 0.3 is 0 Å². The number of aromatic nitrogens is 1. The number of hydrogen-bond donors (Lipinski definition) is 2. The topological polar surface area (TPSA) is 91.8 Å². The van der Waals surface area contributed by atoms with E-state index in [0.29, 0.717) is 12.4 Å². The molecular weight excluding hydrogens is 282 g/mol. The molecular formula is C12H21N3O4S. The number of likely N-dealkylation sites (N-methyl/N-ethyl adjacent to an activating group) is 1. The van der Waals surface area contributed by atoms with E-state index in [0.717, 1.165) is 4.31 Å². The highest BCUT2D eigenvalue weighted by atomic mass is 32.2. The van der Waals surface area contributed by atoms with E-state index in [1.807, 2.05) is 6.92 Å². The second-order valence-electron chi connectivity index (χ2n) is 4.28. The molecule has 0 amide bonds. The zero-order chi connectivity index (χ0) is 15.2. The molecule has 0 aliphatic rings. The Morgan fingerprint density at radius 1 is 1.55 bits per heavy atom. The zero-order valence-electron chi connectivity index (χ0n) is 11.9. The number of sulfonamides is 1. The molecule has 0 aliphatic carbocycles. The van der Waals surface area contributed by atoms with Gasteiger partial charge in [0.15, 0.2) is 0 Å². The molecule has 0 fully saturated rings. The van der Waals surface area contributed by atoms with Crippen LogP contribution in [0.1, 0.15) is 6.92 Å². The average molecular weight is 303 g/mol. The molecule has 1 atom stereocenters. The van der Waals surface area contributed by atoms with Gasteiger partial charge in [-0.05, 0) is 19.1 Å². The maximum atomic E-state index is 12.5. The largest absolute Gasteiger partial charge is 0.389 e. The average Bonchev–Trinajstić information content (AvgIpc) is 2.39. The first-order chi connectivity index (χ1) is 9.43. The molecule has 20 heavy (non-hydrogen) atoms. The lowest BCUT2D eigenvalue weighted by atomic mass is 10.4. The first-order valence-electron chi connectivity index (χ1n) is 6.25. The van der Waals surface area contributed by atoms with Gasteiger partial charge in [-0.15, -0.1) is 0 Å². The van der Waals surface area contributed by atoms with Crippen LogP contribution in [0.5, 0.6) is 0 Å². The molecule has 1 aromatic heterocycles. The van der Waals surface area contributed by atoms with Crippen molar-refractivity contribution in [2.24, 2.45) is 0 Å². The number of nitrogens with zero attached hydrogens (tertiary/aromatic N) is 2. The Kier molecular flexibility index (Phi) is 6.34. The number of nitrogens with one attached hydrogen (secondary N) is 1. The summed E-state index contributed by atoms with van der Waals surface area (Å²) in [6.07, 6.45) is 0.649. The van der Waals surface area contributed by atoms with Gasteiger partial charge in [-0.1, -0.05) is 0 Å². The predicted molar refractivity (Wildman–Crippen MR) is 76.1 cm³/mol. The van der Waals surface area contributed by atoms with Crippen molar-refractivity contribution in [3.63, 3.8) is 0 Å². The number of anilines is 1. The monoisotopic (exact) mass is 303 g/mol. The lowest BCUT2D eigenvalue weighted by molar-refractivity contribution is 0.0554. The SMILES string of the molecule is CCNc1ncccc1S(=O)(=O)N(C)CC(O)COC. The van der Waals surface area contributed by atoms with Crippen molar-refractivity contribution in [2.75, 3.05) is 39.2 Å². The molecule has 0 aromatic carbocycles. The van der Waals surface area contributed by atoms with Crippen molar-refractivity contribution < 1.29 is 18.3 Å². The van der Waals surface area contributed by atoms with E-state index < -0.39 is 16.1 Å². The molecule has 0 bridgehead atoms. The fourth-order valence-corrected chi connectivity index (χ4v) is 3.03. The van der Waals surface area contributed by atoms with E-state index in [9.17, 15) is 13.5 Å². The fourth-order valence-electron chi connectivity index (χ4n) is 1.71. The Labute approximate surface area is 119 Å². The second-order valence-corrected chi connectivity index (χ2v) is 6.29. The molecule has 8 heteroatoms. The number of rotatable bonds is 8. The molecule has 0 saturated carbocycles. The van der Waals surface area contributed by atoms with Crippen molar-refractivity contribution in [3.05, 3.63) is 18.3 Å². The molecule has 0 spiro atoms. The Bertz CT molecular complexity index is 521. The molecule has 0 radical (unpaired) electrons. The highest BCUT2D eigenvalue weighted by Crippen LogP contribution is 2.21. The van der Waals surface area contributed by atoms with E-state index >= 15 is 0 Å². The molecule has 1 heterocycles. The van der Waals surface area contributed by atoms with Crippen LogP contribution in [0.15, 0.2) is 23.2 Å². The maximum Gasteiger partial charge on any atom is 0.246 e. The predicted octanol–water partition coefficient (Wildman–Crippen LogP) is 0.141. The number of methoxy groups -OCH3 is 1. The molecule has 1 unspecified atom stereocenters. The summed E-state index contributed by atoms with van der Waals surface area (Å²) in [4.78, 5) is 4.12. The van der Waals surface area contributed by atoms with Gasteiger partial charge in [-0.2, -0.15) is 4.31 Å². The lowest BCUT2D eigenvalue weighted by Crippen LogP contribution is -2.36. The summed E-state index contributed by atoms with van der Waals surface area (Å²) in [5.41, 5.74) is 0. The summed E-state index contributed by atoms with van der Waals surface area (Å²) in [6.45, 7) is 2.45. The first kappa shape index (κ1) is 16.8. The third-order valence-electron chi connectivity index (χ3n) is 2.63. The van der Waals surface area contributed by atoms with Crippen LogP contribution in [0.3, 0.4) is 0 Å². The number of ether oxygens (including phenoxy) is 1. The number of aliphatic hydroxyl groups excluding tert-OH is 1. The van der Waals surface area contributed by atoms with Gasteiger partial charge in [0.05, 0.1) is 12.7 Å². The molecule has 0 saturated heterocycles. The van der Waals surface area contributed by atoms with Crippen LogP contribution in [0, 0.1) is 0 Å². The number of pyridine rings is 1. The third-order valence-corrected chi connectivity index (χ3v) is 4.49. The van der Waals surface area contributed by atoms with Crippen molar-refractivity contribution in [1.29, 1.82) is 0 Å². The molecule has 1 rings (SSSR count). The fraction of sp³-hybridized carbons (Fsp3) is 0.583. The zero-order valence-corrected chi connectivity index (χ0v) is 12.7. The Balaban J connectivity index is 2.98. The van der Waals surface area contributed by atoms with Crippen LogP contribution in [-0.4, -0.2) is 62.8 Å². The van der Waals surface area contributed by atoms with E-state index in [-0.39, 0.29) is 18.0 Å². The summed E-state index contributed by atoms with van der Waals surface area (Å²) >= 11 is 0. The van der Waals surface area contributed by atoms with E-state index in [1.54, 1.807) is 6.07 Å². The van der Waals surface area contributed by atoms with Gasteiger partial charge in [0.25, 0.3) is 0 Å². The summed E-state index contributed by atoms with van der Waals surface area (Å²) in [5.74, 6) is 0.308. The van der Waals surface area contributed by atoms with Crippen molar-refractivity contribution in [1.82, 2.24) is 9.29 Å². The van der Waals surface area contributed by atoms with Crippen molar-refractivity contribution in [2.45, 2.75) is 17.9 Å². The normalized spacial score (nSPS) is 13.4. The standard InChI is InChI=1S/C12H21N3O4S/c1-4-13-12-11(6-5-7-14-12)20(17,18)15(2)8-10(16)9-19-3/h5-7,10,16H,4,8-9H2,1-3H3,(H,13,14). The summed E-state index contributed by atoms with van der Waals surface area (Å²) in [5, 5.41) is 12.6. The molecule has 1 aromatic rings. The molecule has 114 valence electrons. The van der Waals surface area contributed by atoms with Gasteiger partial charge < -0.3 is 15.2 Å². The van der Waals surface area contributed by atoms with Crippen LogP contribution in [0.4, 0.5) is 5.82 Å². The molecule has 2 N–H and O–H groups in total. The Morgan fingerprint density at radius 2 is 2.25 bits per heavy atom. The summed E-state index contributed by atoms with van der Waals surface area (Å²) in [6, 6.07) is 3.05. The lowest BCUT2D eigenvalue weighted by Gasteiger charge is -2.21. The molecule has 0 aliphatic heterocycles. The van der Waals surface area contributed by atoms with Crippen molar-refractivity contribution in [3.8, 4) is 0 Å². The third kappa shape index (κ3) is 4.14. The minimum Gasteiger partial charge on any atom is -0.389 e. The second kappa shape index (κ2) is 7.53. The van der Waals surface area contributed by atoms with Gasteiger partial charge in [-0.25, -0.2) is 13.4 Å². The molecule has 7 nitrogen and oxygen atoms in total. The highest BCUT2D eigenvalue weighted by Gasteiger charge is 2.26. The van der Waals surface area contributed by atoms with Crippen LogP contribution in [-0.2, 0) is 14.8 Å². The van der Waals surface area contributed by atoms with E-state index in [4.69, 9.17) is 4.74 Å². The van der Waals surface area contributed by atoms with Gasteiger partial charge in [0.2, 0.25) is 10.0 Å². The minimum absolute atomic E-state index is 0.0450. The minimum atomic E-state index is -3.71. The van der Waals surface area contributed by atoms with Gasteiger partial charge in [0, 0.05) is 33.4 Å². The first-order valence-corrected chi connectivity index (χ1v) is 7.69. The van der Waals surface area contributed by atoms with Gasteiger partial charge in [0.1, 0.15) is 10.7 Å². The number of aliphatic hydroxyl groups is 1. The Hall–Kier alpha value is -1.22. The summed E-state index contributed by atoms with van der Waals surface area (Å²) < 4.78 is 30.8. The number of hydrogen-bond acceptors (Lipinski definition) is 6. The van der Waals surface area contributed by atoms with Crippen molar-refractivity contribution >= 4 is 15.8 Å². The summed E-state index contributed by atoms with van der Waals surface area (Å²) in [7, 11) is -0.852. The van der Waals surface area contributed by atoms with Crippen LogP contribution < -0.4 is 5.32 Å². The smallest absolute Gasteiger partial charge is 0.246 e. The van der Waals surface area contributed by atoms with Gasteiger partial charge in [-0.3, -0.25) is 0 Å². The maximum absolute atomic E-state index is 12.5. The Morgan fingerprint density at radius 3 is 2.85 bits per heavy atom. The van der Waals surface area contributed by atoms with Crippen LogP contribution in [0.25, 0.3) is 0 Å². The van der Waals surface area contributed by atoms with E-state index in [1.165, 1.54) is 26.4 Å². The van der Waals surface area contributed by atoms with E-state index in [2.05, 4.69) is 10.3 Å². The van der Waals surface area contributed by atoms with Crippen LogP contribution >= 0.6 is 0 Å². The van der Waals surface area contributed by atoms with Crippen LogP contribution in [0.2, 0.25) is 0 Å². The quantitative estimate of drug-likeness (QED) is 0.710. The highest BCUT2D eigenvalue weighted by molar-refractivity contribution is 7.89.